The summed E-state index contributed by atoms with van der Waals surface area (Å²) in [5.74, 6) is -0.266. The van der Waals surface area contributed by atoms with E-state index in [1.54, 1.807) is 12.1 Å². The third-order valence-electron chi connectivity index (χ3n) is 2.01. The van der Waals surface area contributed by atoms with Crippen LogP contribution >= 0.6 is 0 Å². The predicted molar refractivity (Wildman–Crippen MR) is 50.4 cm³/mol. The van der Waals surface area contributed by atoms with Crippen molar-refractivity contribution in [3.63, 3.8) is 0 Å². The van der Waals surface area contributed by atoms with Gasteiger partial charge in [0.05, 0.1) is 0 Å². The first-order valence-corrected chi connectivity index (χ1v) is 4.51. The molecule has 0 N–H and O–H groups in total. The van der Waals surface area contributed by atoms with Crippen LogP contribution in [0.1, 0.15) is 35.7 Å². The first kappa shape index (κ1) is 9.90. The molecule has 70 valence electrons. The molecule has 0 aliphatic rings. The van der Waals surface area contributed by atoms with E-state index >= 15 is 0 Å². The van der Waals surface area contributed by atoms with Gasteiger partial charge in [0.15, 0.2) is 0 Å². The topological polar surface area (TPSA) is 17.1 Å². The first-order chi connectivity index (χ1) is 6.27. The lowest BCUT2D eigenvalue weighted by Gasteiger charge is -2.01. The zero-order valence-electron chi connectivity index (χ0n) is 7.72. The largest absolute Gasteiger partial charge is 0.298 e. The summed E-state index contributed by atoms with van der Waals surface area (Å²) in [5.41, 5.74) is 1.10. The fourth-order valence-corrected chi connectivity index (χ4v) is 1.21. The second-order valence-electron chi connectivity index (χ2n) is 3.07. The van der Waals surface area contributed by atoms with Gasteiger partial charge in [-0.3, -0.25) is 4.79 Å². The summed E-state index contributed by atoms with van der Waals surface area (Å²) in [7, 11) is 0. The van der Waals surface area contributed by atoms with E-state index < -0.39 is 0 Å². The zero-order chi connectivity index (χ0) is 9.68. The van der Waals surface area contributed by atoms with Gasteiger partial charge in [-0.25, -0.2) is 4.39 Å². The highest BCUT2D eigenvalue weighted by Crippen LogP contribution is 2.12. The van der Waals surface area contributed by atoms with Crippen LogP contribution in [0.4, 0.5) is 4.39 Å². The van der Waals surface area contributed by atoms with Crippen molar-refractivity contribution in [1.82, 2.24) is 0 Å². The lowest BCUT2D eigenvalue weighted by Crippen LogP contribution is -1.92. The number of unbranched alkanes of at least 4 members (excludes halogenated alkanes) is 1. The van der Waals surface area contributed by atoms with Gasteiger partial charge in [0.25, 0.3) is 0 Å². The molecule has 0 radical (unpaired) electrons. The van der Waals surface area contributed by atoms with Crippen LogP contribution in [-0.4, -0.2) is 6.29 Å². The van der Waals surface area contributed by atoms with Gasteiger partial charge in [0.1, 0.15) is 12.1 Å². The summed E-state index contributed by atoms with van der Waals surface area (Å²) in [6.07, 6.45) is 3.44. The molecule has 0 heterocycles. The number of benzene rings is 1. The van der Waals surface area contributed by atoms with Gasteiger partial charge in [-0.1, -0.05) is 25.5 Å². The van der Waals surface area contributed by atoms with Gasteiger partial charge >= 0.3 is 0 Å². The number of aldehydes is 1. The number of carbonyl (C=O) groups excluding carboxylic acids is 1. The maximum atomic E-state index is 13.2. The maximum Gasteiger partial charge on any atom is 0.150 e. The minimum atomic E-state index is -0.266. The fourth-order valence-electron chi connectivity index (χ4n) is 1.21. The Hall–Kier alpha value is -1.18. The van der Waals surface area contributed by atoms with Crippen molar-refractivity contribution in [2.45, 2.75) is 26.2 Å². The highest BCUT2D eigenvalue weighted by atomic mass is 19.1. The Balaban J connectivity index is 2.79. The number of carbonyl (C=O) groups is 1. The van der Waals surface area contributed by atoms with Crippen LogP contribution in [0.15, 0.2) is 18.2 Å². The molecule has 0 fully saturated rings. The average molecular weight is 180 g/mol. The van der Waals surface area contributed by atoms with Crippen molar-refractivity contribution in [2.75, 3.05) is 0 Å². The molecule has 0 saturated carbocycles. The van der Waals surface area contributed by atoms with E-state index in [1.165, 1.54) is 6.07 Å². The number of rotatable bonds is 4. The van der Waals surface area contributed by atoms with Gasteiger partial charge < -0.3 is 0 Å². The molecular formula is C11H13FO. The highest BCUT2D eigenvalue weighted by molar-refractivity contribution is 5.74. The van der Waals surface area contributed by atoms with Crippen molar-refractivity contribution in [2.24, 2.45) is 0 Å². The Morgan fingerprint density at radius 2 is 2.23 bits per heavy atom. The monoisotopic (exact) mass is 180 g/mol. The van der Waals surface area contributed by atoms with E-state index in [4.69, 9.17) is 0 Å². The van der Waals surface area contributed by atoms with E-state index in [2.05, 4.69) is 6.92 Å². The fraction of sp³-hybridized carbons (Fsp3) is 0.364. The van der Waals surface area contributed by atoms with Gasteiger partial charge in [0, 0.05) is 5.56 Å². The Morgan fingerprint density at radius 1 is 1.46 bits per heavy atom. The van der Waals surface area contributed by atoms with E-state index in [1.807, 2.05) is 0 Å². The molecule has 0 aromatic heterocycles. The number of halogens is 1. The van der Waals surface area contributed by atoms with Crippen LogP contribution in [0.5, 0.6) is 0 Å². The lowest BCUT2D eigenvalue weighted by atomic mass is 10.1. The van der Waals surface area contributed by atoms with Crippen LogP contribution in [0.3, 0.4) is 0 Å². The van der Waals surface area contributed by atoms with Gasteiger partial charge in [-0.15, -0.1) is 0 Å². The van der Waals surface area contributed by atoms with E-state index in [0.29, 0.717) is 17.4 Å². The summed E-state index contributed by atoms with van der Waals surface area (Å²) < 4.78 is 13.2. The van der Waals surface area contributed by atoms with Crippen molar-refractivity contribution < 1.29 is 9.18 Å². The van der Waals surface area contributed by atoms with E-state index in [0.717, 1.165) is 19.3 Å². The molecule has 1 aromatic carbocycles. The van der Waals surface area contributed by atoms with Gasteiger partial charge in [-0.2, -0.15) is 0 Å². The molecule has 0 spiro atoms. The molecule has 0 bridgehead atoms. The normalized spacial score (nSPS) is 10.0. The molecule has 1 rings (SSSR count). The lowest BCUT2D eigenvalue weighted by molar-refractivity contribution is 0.112. The van der Waals surface area contributed by atoms with Gasteiger partial charge in [-0.05, 0) is 24.5 Å². The molecule has 1 nitrogen and oxygen atoms in total. The van der Waals surface area contributed by atoms with Crippen LogP contribution < -0.4 is 0 Å². The van der Waals surface area contributed by atoms with Crippen LogP contribution in [-0.2, 0) is 6.42 Å². The Bertz CT molecular complexity index is 294. The minimum Gasteiger partial charge on any atom is -0.298 e. The number of hydrogen-bond acceptors (Lipinski definition) is 1. The SMILES string of the molecule is CCCCc1ccc(C=O)cc1F. The standard InChI is InChI=1S/C11H13FO/c1-2-3-4-10-6-5-9(8-13)7-11(10)12/h5-8H,2-4H2,1H3. The zero-order valence-corrected chi connectivity index (χ0v) is 7.72. The smallest absolute Gasteiger partial charge is 0.150 e. The molecule has 2 heteroatoms. The molecule has 13 heavy (non-hydrogen) atoms. The molecule has 0 atom stereocenters. The highest BCUT2D eigenvalue weighted by Gasteiger charge is 2.01. The second-order valence-corrected chi connectivity index (χ2v) is 3.07. The van der Waals surface area contributed by atoms with Crippen molar-refractivity contribution >= 4 is 6.29 Å². The number of hydrogen-bond donors (Lipinski definition) is 0. The molecule has 0 saturated heterocycles. The summed E-state index contributed by atoms with van der Waals surface area (Å²) in [6, 6.07) is 4.63. The predicted octanol–water partition coefficient (Wildman–Crippen LogP) is 2.98. The molecule has 0 aliphatic heterocycles. The van der Waals surface area contributed by atoms with Crippen molar-refractivity contribution in [3.8, 4) is 0 Å². The molecule has 0 unspecified atom stereocenters. The first-order valence-electron chi connectivity index (χ1n) is 4.51. The third kappa shape index (κ3) is 2.65. The molecule has 0 amide bonds. The van der Waals surface area contributed by atoms with Crippen molar-refractivity contribution in [1.29, 1.82) is 0 Å². The third-order valence-corrected chi connectivity index (χ3v) is 2.01. The van der Waals surface area contributed by atoms with Crippen LogP contribution in [0.25, 0.3) is 0 Å². The minimum absolute atomic E-state index is 0.266. The Labute approximate surface area is 77.6 Å². The average Bonchev–Trinajstić information content (AvgIpc) is 2.16. The number of aryl methyl sites for hydroxylation is 1. The summed E-state index contributed by atoms with van der Waals surface area (Å²) in [6.45, 7) is 2.07. The van der Waals surface area contributed by atoms with E-state index in [9.17, 15) is 9.18 Å². The van der Waals surface area contributed by atoms with Crippen LogP contribution in [0, 0.1) is 5.82 Å². The second kappa shape index (κ2) is 4.75. The summed E-state index contributed by atoms with van der Waals surface area (Å²) in [4.78, 5) is 10.3. The summed E-state index contributed by atoms with van der Waals surface area (Å²) in [5, 5.41) is 0. The van der Waals surface area contributed by atoms with Crippen LogP contribution in [0.2, 0.25) is 0 Å². The Kier molecular flexibility index (Phi) is 3.62. The molecule has 1 aromatic rings. The quantitative estimate of drug-likeness (QED) is 0.651. The summed E-state index contributed by atoms with van der Waals surface area (Å²) >= 11 is 0. The van der Waals surface area contributed by atoms with Crippen molar-refractivity contribution in [3.05, 3.63) is 35.1 Å². The Morgan fingerprint density at radius 3 is 2.77 bits per heavy atom. The van der Waals surface area contributed by atoms with E-state index in [-0.39, 0.29) is 5.82 Å². The maximum absolute atomic E-state index is 13.2. The molecular weight excluding hydrogens is 167 g/mol. The van der Waals surface area contributed by atoms with Gasteiger partial charge in [0.2, 0.25) is 0 Å². The molecule has 0 aliphatic carbocycles.